The summed E-state index contributed by atoms with van der Waals surface area (Å²) in [6.45, 7) is 4.00. The third kappa shape index (κ3) is 4.23. The molecule has 7 heteroatoms. The molecule has 1 N–H and O–H groups in total. The maximum Gasteiger partial charge on any atom is 0.225 e. The summed E-state index contributed by atoms with van der Waals surface area (Å²) in [5.41, 5.74) is 0. The van der Waals surface area contributed by atoms with Crippen LogP contribution in [0.4, 0.5) is 5.95 Å². The number of rotatable bonds is 2. The molecule has 0 aromatic carbocycles. The predicted molar refractivity (Wildman–Crippen MR) is 91.4 cm³/mol. The van der Waals surface area contributed by atoms with Crippen molar-refractivity contribution in [2.45, 2.75) is 0 Å². The third-order valence-electron chi connectivity index (χ3n) is 2.97. The molecule has 0 spiro atoms. The number of halogens is 1. The smallest absolute Gasteiger partial charge is 0.225 e. The zero-order valence-electron chi connectivity index (χ0n) is 11.5. The molecule has 1 fully saturated rings. The van der Waals surface area contributed by atoms with Crippen molar-refractivity contribution in [3.05, 3.63) is 18.5 Å². The van der Waals surface area contributed by atoms with Gasteiger partial charge in [0.15, 0.2) is 5.96 Å². The van der Waals surface area contributed by atoms with Crippen LogP contribution in [-0.4, -0.2) is 60.6 Å². The zero-order valence-corrected chi connectivity index (χ0v) is 13.8. The molecule has 1 saturated heterocycles. The number of piperazine rings is 1. The van der Waals surface area contributed by atoms with Crippen molar-refractivity contribution in [2.24, 2.45) is 4.99 Å². The lowest BCUT2D eigenvalue weighted by Gasteiger charge is -2.36. The molecule has 0 radical (unpaired) electrons. The van der Waals surface area contributed by atoms with Crippen LogP contribution in [0.2, 0.25) is 0 Å². The first kappa shape index (κ1) is 16.5. The summed E-state index contributed by atoms with van der Waals surface area (Å²) in [6.07, 6.45) is 8.78. The van der Waals surface area contributed by atoms with Gasteiger partial charge in [0.1, 0.15) is 0 Å². The molecule has 1 aromatic rings. The van der Waals surface area contributed by atoms with Crippen molar-refractivity contribution in [2.75, 3.05) is 44.7 Å². The fourth-order valence-corrected chi connectivity index (χ4v) is 2.04. The Bertz CT molecular complexity index is 461. The number of hydrogen-bond donors (Lipinski definition) is 1. The first-order chi connectivity index (χ1) is 9.35. The second kappa shape index (κ2) is 8.58. The van der Waals surface area contributed by atoms with E-state index in [1.807, 2.05) is 6.07 Å². The third-order valence-corrected chi connectivity index (χ3v) is 2.97. The molecule has 0 saturated carbocycles. The van der Waals surface area contributed by atoms with Gasteiger partial charge in [0, 0.05) is 45.6 Å². The van der Waals surface area contributed by atoms with Gasteiger partial charge in [-0.15, -0.1) is 30.4 Å². The Labute approximate surface area is 136 Å². The molecule has 0 bridgehead atoms. The Kier molecular flexibility index (Phi) is 7.08. The van der Waals surface area contributed by atoms with Crippen LogP contribution in [-0.2, 0) is 0 Å². The second-order valence-corrected chi connectivity index (χ2v) is 4.13. The normalized spacial score (nSPS) is 15.3. The Balaban J connectivity index is 0.00000200. The van der Waals surface area contributed by atoms with Crippen LogP contribution in [0.15, 0.2) is 23.5 Å². The minimum atomic E-state index is 0. The summed E-state index contributed by atoms with van der Waals surface area (Å²) in [6, 6.07) is 1.82. The Morgan fingerprint density at radius 3 is 2.55 bits per heavy atom. The van der Waals surface area contributed by atoms with Gasteiger partial charge in [0.25, 0.3) is 0 Å². The average Bonchev–Trinajstić information content (AvgIpc) is 2.49. The number of terminal acetylenes is 1. The molecule has 1 aliphatic rings. The van der Waals surface area contributed by atoms with Crippen LogP contribution < -0.4 is 10.2 Å². The number of hydrogen-bond acceptors (Lipinski definition) is 4. The molecule has 108 valence electrons. The molecule has 0 aliphatic carbocycles. The summed E-state index contributed by atoms with van der Waals surface area (Å²) in [7, 11) is 1.77. The Morgan fingerprint density at radius 2 is 2.00 bits per heavy atom. The highest BCUT2D eigenvalue weighted by Crippen LogP contribution is 2.09. The summed E-state index contributed by atoms with van der Waals surface area (Å²) in [5.74, 6) is 4.20. The van der Waals surface area contributed by atoms with E-state index in [9.17, 15) is 0 Å². The lowest BCUT2D eigenvalue weighted by atomic mass is 10.3. The van der Waals surface area contributed by atoms with Crippen LogP contribution in [0.3, 0.4) is 0 Å². The van der Waals surface area contributed by atoms with Crippen molar-refractivity contribution in [3.8, 4) is 12.3 Å². The molecule has 2 heterocycles. The second-order valence-electron chi connectivity index (χ2n) is 4.13. The van der Waals surface area contributed by atoms with E-state index in [0.717, 1.165) is 38.1 Å². The van der Waals surface area contributed by atoms with Gasteiger partial charge in [-0.1, -0.05) is 5.92 Å². The highest BCUT2D eigenvalue weighted by Gasteiger charge is 2.20. The van der Waals surface area contributed by atoms with Crippen molar-refractivity contribution in [1.82, 2.24) is 20.2 Å². The van der Waals surface area contributed by atoms with E-state index in [2.05, 4.69) is 36.0 Å². The van der Waals surface area contributed by atoms with Crippen molar-refractivity contribution >= 4 is 35.9 Å². The minimum Gasteiger partial charge on any atom is -0.345 e. The minimum absolute atomic E-state index is 0. The van der Waals surface area contributed by atoms with Crippen molar-refractivity contribution in [3.63, 3.8) is 0 Å². The van der Waals surface area contributed by atoms with Gasteiger partial charge in [0.05, 0.1) is 6.54 Å². The average molecular weight is 386 g/mol. The molecule has 1 aliphatic heterocycles. The van der Waals surface area contributed by atoms with E-state index in [4.69, 9.17) is 6.42 Å². The molecule has 0 amide bonds. The largest absolute Gasteiger partial charge is 0.345 e. The summed E-state index contributed by atoms with van der Waals surface area (Å²) < 4.78 is 0. The first-order valence-electron chi connectivity index (χ1n) is 6.26. The first-order valence-corrected chi connectivity index (χ1v) is 6.26. The van der Waals surface area contributed by atoms with Crippen LogP contribution in [0.5, 0.6) is 0 Å². The number of aliphatic imine (C=N–C) groups is 1. The zero-order chi connectivity index (χ0) is 13.5. The number of guanidine groups is 1. The number of aromatic nitrogens is 2. The predicted octanol–water partition coefficient (Wildman–Crippen LogP) is 0.425. The summed E-state index contributed by atoms with van der Waals surface area (Å²) in [5, 5.41) is 3.13. The quantitative estimate of drug-likeness (QED) is 0.346. The fraction of sp³-hybridized carbons (Fsp3) is 0.462. The van der Waals surface area contributed by atoms with E-state index < -0.39 is 0 Å². The highest BCUT2D eigenvalue weighted by atomic mass is 127. The molecule has 2 rings (SSSR count). The molecule has 6 nitrogen and oxygen atoms in total. The van der Waals surface area contributed by atoms with Gasteiger partial charge in [-0.25, -0.2) is 9.97 Å². The molecular formula is C13H19IN6. The lowest BCUT2D eigenvalue weighted by Crippen LogP contribution is -2.52. The van der Waals surface area contributed by atoms with Gasteiger partial charge in [-0.2, -0.15) is 0 Å². The van der Waals surface area contributed by atoms with Gasteiger partial charge in [0.2, 0.25) is 5.95 Å². The number of anilines is 1. The Morgan fingerprint density at radius 1 is 1.35 bits per heavy atom. The van der Waals surface area contributed by atoms with Crippen LogP contribution >= 0.6 is 24.0 Å². The number of nitrogens with one attached hydrogen (secondary N) is 1. The van der Waals surface area contributed by atoms with E-state index >= 15 is 0 Å². The van der Waals surface area contributed by atoms with Crippen LogP contribution in [0.25, 0.3) is 0 Å². The Hall–Kier alpha value is -1.56. The standard InChI is InChI=1S/C13H18N6.HI/c1-3-5-15-12(14-2)18-8-10-19(11-9-18)13-16-6-4-7-17-13;/h1,4,6-7H,5,8-11H2,2H3,(H,14,15);1H. The van der Waals surface area contributed by atoms with Gasteiger partial charge >= 0.3 is 0 Å². The van der Waals surface area contributed by atoms with Gasteiger partial charge in [-0.3, -0.25) is 4.99 Å². The van der Waals surface area contributed by atoms with E-state index in [1.54, 1.807) is 19.4 Å². The molecule has 0 unspecified atom stereocenters. The SMILES string of the molecule is C#CCNC(=NC)N1CCN(c2ncccn2)CC1.I. The lowest BCUT2D eigenvalue weighted by molar-refractivity contribution is 0.372. The van der Waals surface area contributed by atoms with Crippen LogP contribution in [0, 0.1) is 12.3 Å². The van der Waals surface area contributed by atoms with Gasteiger partial charge < -0.3 is 15.1 Å². The highest BCUT2D eigenvalue weighted by molar-refractivity contribution is 14.0. The number of nitrogens with zero attached hydrogens (tertiary/aromatic N) is 5. The molecule has 20 heavy (non-hydrogen) atoms. The molecule has 0 atom stereocenters. The van der Waals surface area contributed by atoms with Gasteiger partial charge in [-0.05, 0) is 6.07 Å². The summed E-state index contributed by atoms with van der Waals surface area (Å²) in [4.78, 5) is 17.1. The van der Waals surface area contributed by atoms with Crippen molar-refractivity contribution in [1.29, 1.82) is 0 Å². The monoisotopic (exact) mass is 386 g/mol. The maximum atomic E-state index is 5.25. The van der Waals surface area contributed by atoms with Crippen LogP contribution in [0.1, 0.15) is 0 Å². The van der Waals surface area contributed by atoms with E-state index in [-0.39, 0.29) is 24.0 Å². The van der Waals surface area contributed by atoms with Crippen molar-refractivity contribution < 1.29 is 0 Å². The summed E-state index contributed by atoms with van der Waals surface area (Å²) >= 11 is 0. The molecular weight excluding hydrogens is 367 g/mol. The van der Waals surface area contributed by atoms with E-state index in [0.29, 0.717) is 6.54 Å². The maximum absolute atomic E-state index is 5.25. The topological polar surface area (TPSA) is 56.7 Å². The van der Waals surface area contributed by atoms with E-state index in [1.165, 1.54) is 0 Å². The molecule has 1 aromatic heterocycles. The fourth-order valence-electron chi connectivity index (χ4n) is 2.04.